The second-order valence-electron chi connectivity index (χ2n) is 7.80. The number of aliphatic imine (C=N–C) groups is 1. The first-order valence-electron chi connectivity index (χ1n) is 10.7. The zero-order valence-electron chi connectivity index (χ0n) is 17.5. The van der Waals surface area contributed by atoms with Crippen molar-refractivity contribution in [1.29, 1.82) is 0 Å². The highest BCUT2D eigenvalue weighted by Crippen LogP contribution is 2.25. The molecule has 2 aliphatic rings. The van der Waals surface area contributed by atoms with Crippen LogP contribution in [0.5, 0.6) is 0 Å². The van der Waals surface area contributed by atoms with E-state index in [0.29, 0.717) is 6.04 Å². The second kappa shape index (κ2) is 9.59. The maximum absolute atomic E-state index is 5.01. The average Bonchev–Trinajstić information content (AvgIpc) is 3.25. The van der Waals surface area contributed by atoms with Gasteiger partial charge in [0.25, 0.3) is 0 Å². The van der Waals surface area contributed by atoms with Gasteiger partial charge in [-0.15, -0.1) is 11.3 Å². The number of aromatic nitrogens is 1. The SMILES string of the molecule is CCNC(=NCC(C)N1CCc2sccc2C1)N1CCN(c2ccccn2)CC1. The summed E-state index contributed by atoms with van der Waals surface area (Å²) >= 11 is 1.90. The zero-order valence-corrected chi connectivity index (χ0v) is 18.4. The van der Waals surface area contributed by atoms with E-state index in [1.807, 2.05) is 23.6 Å². The average molecular weight is 413 g/mol. The maximum atomic E-state index is 5.01. The Bertz CT molecular complexity index is 797. The predicted octanol–water partition coefficient (Wildman–Crippen LogP) is 2.68. The summed E-state index contributed by atoms with van der Waals surface area (Å²) in [5.74, 6) is 2.12. The summed E-state index contributed by atoms with van der Waals surface area (Å²) in [6, 6.07) is 8.85. The normalized spacial score (nSPS) is 19.2. The molecule has 4 heterocycles. The van der Waals surface area contributed by atoms with Gasteiger partial charge >= 0.3 is 0 Å². The van der Waals surface area contributed by atoms with Crippen molar-refractivity contribution in [2.24, 2.45) is 4.99 Å². The Kier molecular flexibility index (Phi) is 6.67. The van der Waals surface area contributed by atoms with E-state index in [4.69, 9.17) is 4.99 Å². The fourth-order valence-electron chi connectivity index (χ4n) is 4.09. The van der Waals surface area contributed by atoms with Crippen molar-refractivity contribution >= 4 is 23.1 Å². The summed E-state index contributed by atoms with van der Waals surface area (Å²) in [6.45, 7) is 12.3. The van der Waals surface area contributed by atoms with Crippen molar-refractivity contribution in [3.05, 3.63) is 46.3 Å². The molecule has 29 heavy (non-hydrogen) atoms. The highest BCUT2D eigenvalue weighted by atomic mass is 32.1. The number of anilines is 1. The Morgan fingerprint density at radius 3 is 2.83 bits per heavy atom. The molecule has 0 saturated carbocycles. The molecular weight excluding hydrogens is 380 g/mol. The summed E-state index contributed by atoms with van der Waals surface area (Å²) in [7, 11) is 0. The van der Waals surface area contributed by atoms with E-state index in [1.165, 1.54) is 12.0 Å². The first kappa shape index (κ1) is 20.2. The number of hydrogen-bond acceptors (Lipinski definition) is 5. The molecule has 0 aliphatic carbocycles. The van der Waals surface area contributed by atoms with Crippen LogP contribution in [0.15, 0.2) is 40.8 Å². The van der Waals surface area contributed by atoms with E-state index in [2.05, 4.69) is 62.4 Å². The molecule has 2 aliphatic heterocycles. The molecule has 2 aromatic heterocycles. The molecular formula is C22H32N6S. The van der Waals surface area contributed by atoms with Gasteiger partial charge in [-0.3, -0.25) is 9.89 Å². The van der Waals surface area contributed by atoms with Crippen LogP contribution in [0.3, 0.4) is 0 Å². The summed E-state index contributed by atoms with van der Waals surface area (Å²) in [5, 5.41) is 5.73. The van der Waals surface area contributed by atoms with Gasteiger partial charge in [0.05, 0.1) is 6.54 Å². The van der Waals surface area contributed by atoms with Gasteiger partial charge in [0.2, 0.25) is 0 Å². The van der Waals surface area contributed by atoms with E-state index >= 15 is 0 Å². The Labute approximate surface area is 178 Å². The highest BCUT2D eigenvalue weighted by Gasteiger charge is 2.23. The van der Waals surface area contributed by atoms with Gasteiger partial charge in [0.1, 0.15) is 5.82 Å². The van der Waals surface area contributed by atoms with Crippen LogP contribution in [0.4, 0.5) is 5.82 Å². The lowest BCUT2D eigenvalue weighted by Gasteiger charge is -2.37. The molecule has 1 saturated heterocycles. The standard InChI is InChI=1S/C22H32N6S/c1-3-23-22(27-13-11-26(12-14-27)21-6-4-5-9-24-21)25-16-18(2)28-10-7-20-19(17-28)8-15-29-20/h4-6,8-9,15,18H,3,7,10-14,16-17H2,1-2H3,(H,23,25). The number of fused-ring (bicyclic) bond motifs is 1. The minimum atomic E-state index is 0.450. The van der Waals surface area contributed by atoms with Gasteiger partial charge in [-0.1, -0.05) is 6.07 Å². The number of guanidine groups is 1. The number of thiophene rings is 1. The first-order chi connectivity index (χ1) is 14.2. The van der Waals surface area contributed by atoms with Crippen LogP contribution >= 0.6 is 11.3 Å². The molecule has 7 heteroatoms. The van der Waals surface area contributed by atoms with Crippen molar-refractivity contribution in [1.82, 2.24) is 20.1 Å². The molecule has 0 bridgehead atoms. The minimum Gasteiger partial charge on any atom is -0.357 e. The number of piperazine rings is 1. The van der Waals surface area contributed by atoms with E-state index < -0.39 is 0 Å². The number of nitrogens with one attached hydrogen (secondary N) is 1. The number of hydrogen-bond donors (Lipinski definition) is 1. The van der Waals surface area contributed by atoms with Crippen molar-refractivity contribution in [3.63, 3.8) is 0 Å². The van der Waals surface area contributed by atoms with Crippen LogP contribution in [-0.2, 0) is 13.0 Å². The summed E-state index contributed by atoms with van der Waals surface area (Å²) in [6.07, 6.45) is 3.05. The van der Waals surface area contributed by atoms with E-state index in [-0.39, 0.29) is 0 Å². The van der Waals surface area contributed by atoms with E-state index in [1.54, 1.807) is 4.88 Å². The van der Waals surface area contributed by atoms with E-state index in [9.17, 15) is 0 Å². The minimum absolute atomic E-state index is 0.450. The lowest BCUT2D eigenvalue weighted by atomic mass is 10.1. The highest BCUT2D eigenvalue weighted by molar-refractivity contribution is 7.10. The maximum Gasteiger partial charge on any atom is 0.194 e. The zero-order chi connectivity index (χ0) is 20.1. The van der Waals surface area contributed by atoms with Gasteiger partial charge in [-0.2, -0.15) is 0 Å². The van der Waals surface area contributed by atoms with Crippen LogP contribution in [0, 0.1) is 0 Å². The molecule has 0 spiro atoms. The summed E-state index contributed by atoms with van der Waals surface area (Å²) in [5.41, 5.74) is 1.51. The number of pyridine rings is 1. The van der Waals surface area contributed by atoms with Gasteiger partial charge < -0.3 is 15.1 Å². The second-order valence-corrected chi connectivity index (χ2v) is 8.80. The quantitative estimate of drug-likeness (QED) is 0.604. The smallest absolute Gasteiger partial charge is 0.194 e. The van der Waals surface area contributed by atoms with E-state index in [0.717, 1.165) is 64.1 Å². The third kappa shape index (κ3) is 4.90. The van der Waals surface area contributed by atoms with Gasteiger partial charge in [-0.05, 0) is 49.4 Å². The molecule has 0 amide bonds. The molecule has 0 radical (unpaired) electrons. The molecule has 1 unspecified atom stereocenters. The van der Waals surface area contributed by atoms with Crippen molar-refractivity contribution in [2.75, 3.05) is 50.7 Å². The van der Waals surface area contributed by atoms with Gasteiger partial charge in [-0.25, -0.2) is 4.98 Å². The third-order valence-electron chi connectivity index (χ3n) is 5.85. The van der Waals surface area contributed by atoms with Crippen LogP contribution < -0.4 is 10.2 Å². The lowest BCUT2D eigenvalue weighted by Crippen LogP contribution is -2.53. The van der Waals surface area contributed by atoms with Gasteiger partial charge in [0, 0.05) is 62.9 Å². The van der Waals surface area contributed by atoms with Crippen LogP contribution in [0.25, 0.3) is 0 Å². The summed E-state index contributed by atoms with van der Waals surface area (Å²) < 4.78 is 0. The molecule has 1 N–H and O–H groups in total. The monoisotopic (exact) mass is 412 g/mol. The molecule has 4 rings (SSSR count). The Balaban J connectivity index is 1.33. The predicted molar refractivity (Wildman–Crippen MR) is 122 cm³/mol. The molecule has 2 aromatic rings. The topological polar surface area (TPSA) is 47.0 Å². The third-order valence-corrected chi connectivity index (χ3v) is 6.88. The van der Waals surface area contributed by atoms with Gasteiger partial charge in [0.15, 0.2) is 5.96 Å². The largest absolute Gasteiger partial charge is 0.357 e. The first-order valence-corrected chi connectivity index (χ1v) is 11.6. The Morgan fingerprint density at radius 1 is 1.21 bits per heavy atom. The van der Waals surface area contributed by atoms with Crippen molar-refractivity contribution in [2.45, 2.75) is 32.9 Å². The summed E-state index contributed by atoms with van der Waals surface area (Å²) in [4.78, 5) is 18.4. The van der Waals surface area contributed by atoms with Crippen molar-refractivity contribution in [3.8, 4) is 0 Å². The van der Waals surface area contributed by atoms with Crippen LogP contribution in [-0.4, -0.2) is 72.6 Å². The fourth-order valence-corrected chi connectivity index (χ4v) is 4.98. The van der Waals surface area contributed by atoms with Crippen molar-refractivity contribution < 1.29 is 0 Å². The fraction of sp³-hybridized carbons (Fsp3) is 0.545. The molecule has 6 nitrogen and oxygen atoms in total. The molecule has 0 aromatic carbocycles. The number of rotatable bonds is 5. The Morgan fingerprint density at radius 2 is 2.07 bits per heavy atom. The Hall–Kier alpha value is -2.12. The molecule has 156 valence electrons. The molecule has 1 fully saturated rings. The number of nitrogens with zero attached hydrogens (tertiary/aromatic N) is 5. The lowest BCUT2D eigenvalue weighted by molar-refractivity contribution is 0.196. The molecule has 1 atom stereocenters. The van der Waals surface area contributed by atoms with Crippen LogP contribution in [0.2, 0.25) is 0 Å². The van der Waals surface area contributed by atoms with Crippen LogP contribution in [0.1, 0.15) is 24.3 Å².